The molecule has 12 aromatic heterocycles. The molecule has 0 bridgehead atoms. The van der Waals surface area contributed by atoms with Gasteiger partial charge in [-0.25, -0.2) is 29.9 Å². The molecule has 0 aliphatic heterocycles. The van der Waals surface area contributed by atoms with Crippen LogP contribution in [0.5, 0.6) is 0 Å². The van der Waals surface area contributed by atoms with Gasteiger partial charge in [-0.3, -0.25) is 40.1 Å². The molecule has 0 saturated heterocycles. The zero-order valence-electron chi connectivity index (χ0n) is 60.2. The summed E-state index contributed by atoms with van der Waals surface area (Å²) in [6.07, 6.45) is 26.3. The molecule has 97 heavy (non-hydrogen) atoms. The summed E-state index contributed by atoms with van der Waals surface area (Å²) < 4.78 is 1.85. The van der Waals surface area contributed by atoms with E-state index in [9.17, 15) is 5.21 Å². The van der Waals surface area contributed by atoms with E-state index in [1.54, 1.807) is 74.7 Å². The first kappa shape index (κ1) is 81.8. The van der Waals surface area contributed by atoms with Crippen LogP contribution in [0.1, 0.15) is 108 Å². The molecule has 17 heteroatoms. The molecule has 13 aromatic rings. The average molecular weight is 1300 g/mol. The van der Waals surface area contributed by atoms with Gasteiger partial charge in [-0.05, 0) is 242 Å². The minimum atomic E-state index is 0.729. The lowest BCUT2D eigenvalue weighted by atomic mass is 10.2. The van der Waals surface area contributed by atoms with Crippen molar-refractivity contribution >= 4 is 10.9 Å². The molecule has 12 heterocycles. The molecule has 0 spiro atoms. The topological polar surface area (TPSA) is 219 Å². The minimum absolute atomic E-state index is 0.729. The first-order valence-electron chi connectivity index (χ1n) is 31.5. The summed E-state index contributed by atoms with van der Waals surface area (Å²) in [7, 11) is 0. The van der Waals surface area contributed by atoms with Crippen LogP contribution in [0.25, 0.3) is 10.9 Å². The van der Waals surface area contributed by atoms with Crippen LogP contribution in [0, 0.1) is 137 Å². The van der Waals surface area contributed by atoms with Gasteiger partial charge >= 0.3 is 0 Å². The zero-order valence-corrected chi connectivity index (χ0v) is 60.2. The summed E-state index contributed by atoms with van der Waals surface area (Å²) in [5.74, 6) is 2.49. The smallest absolute Gasteiger partial charge is 0.222 e. The van der Waals surface area contributed by atoms with Gasteiger partial charge in [0.2, 0.25) is 12.4 Å². The molecular formula is C80H98N15O2+. The molecule has 0 aliphatic rings. The fourth-order valence-electron chi connectivity index (χ4n) is 7.15. The molecule has 0 amide bonds. The normalized spacial score (nSPS) is 9.27. The van der Waals surface area contributed by atoms with Gasteiger partial charge in [-0.1, -0.05) is 54.6 Å². The van der Waals surface area contributed by atoms with Gasteiger partial charge in [0.1, 0.15) is 17.5 Å². The molecule has 17 nitrogen and oxygen atoms in total. The summed E-state index contributed by atoms with van der Waals surface area (Å²) in [5, 5.41) is 20.4. The Morgan fingerprint density at radius 2 is 0.845 bits per heavy atom. The second-order valence-electron chi connectivity index (χ2n) is 22.3. The Hall–Kier alpha value is -11.3. The number of para-hydroxylation sites is 1. The molecule has 0 fully saturated rings. The van der Waals surface area contributed by atoms with Crippen molar-refractivity contribution < 1.29 is 14.7 Å². The van der Waals surface area contributed by atoms with Crippen molar-refractivity contribution in [3.05, 3.63) is 357 Å². The fourth-order valence-corrected chi connectivity index (χ4v) is 7.15. The van der Waals surface area contributed by atoms with Crippen LogP contribution in [0.2, 0.25) is 0 Å². The van der Waals surface area contributed by atoms with Crippen molar-refractivity contribution in [3.63, 3.8) is 0 Å². The van der Waals surface area contributed by atoms with Crippen LogP contribution in [0.15, 0.2) is 245 Å². The Kier molecular flexibility index (Phi) is 40.8. The van der Waals surface area contributed by atoms with Gasteiger partial charge in [-0.2, -0.15) is 4.73 Å². The number of nitrogens with zero attached hydrogens (tertiary/aromatic N) is 15. The third-order valence-electron chi connectivity index (χ3n) is 12.5. The van der Waals surface area contributed by atoms with Crippen LogP contribution < -0.4 is 9.46 Å². The van der Waals surface area contributed by atoms with Crippen LogP contribution in [-0.2, 0) is 0 Å². The van der Waals surface area contributed by atoms with Crippen LogP contribution in [0.4, 0.5) is 0 Å². The summed E-state index contributed by atoms with van der Waals surface area (Å²) in [4.78, 5) is 52.2. The highest BCUT2D eigenvalue weighted by Crippen LogP contribution is 2.11. The largest absolute Gasteiger partial charge is 0.619 e. The fraction of sp³-hybridized carbons (Fsp3) is 0.237. The first-order chi connectivity index (χ1) is 46.3. The number of benzene rings is 1. The average Bonchev–Trinajstić information content (AvgIpc) is 0.951. The second kappa shape index (κ2) is 48.4. The number of pyridine rings is 9. The van der Waals surface area contributed by atoms with Crippen LogP contribution in [-0.4, -0.2) is 70.0 Å². The highest BCUT2D eigenvalue weighted by Gasteiger charge is 1.94. The van der Waals surface area contributed by atoms with Gasteiger partial charge < -0.3 is 5.21 Å². The third-order valence-corrected chi connectivity index (χ3v) is 12.5. The Morgan fingerprint density at radius 3 is 1.26 bits per heavy atom. The van der Waals surface area contributed by atoms with E-state index in [-0.39, 0.29) is 0 Å². The van der Waals surface area contributed by atoms with Crippen molar-refractivity contribution in [1.29, 1.82) is 0 Å². The van der Waals surface area contributed by atoms with E-state index >= 15 is 0 Å². The van der Waals surface area contributed by atoms with Gasteiger partial charge in [0.15, 0.2) is 11.9 Å². The summed E-state index contributed by atoms with van der Waals surface area (Å²) in [6, 6.07) is 49.1. The highest BCUT2D eigenvalue weighted by atomic mass is 16.5. The number of aromatic nitrogens is 15. The zero-order chi connectivity index (χ0) is 71.8. The minimum Gasteiger partial charge on any atom is -0.619 e. The molecule has 1 N–H and O–H groups in total. The monoisotopic (exact) mass is 1300 g/mol. The summed E-state index contributed by atoms with van der Waals surface area (Å²) >= 11 is 0. The molecule has 0 unspecified atom stereocenters. The Bertz CT molecular complexity index is 3740. The van der Waals surface area contributed by atoms with Crippen molar-refractivity contribution in [3.8, 4) is 0 Å². The Morgan fingerprint density at radius 1 is 0.299 bits per heavy atom. The van der Waals surface area contributed by atoms with Crippen molar-refractivity contribution in [2.24, 2.45) is 0 Å². The maximum absolute atomic E-state index is 10.5. The Labute approximate surface area is 576 Å². The van der Waals surface area contributed by atoms with Crippen molar-refractivity contribution in [1.82, 2.24) is 64.8 Å². The van der Waals surface area contributed by atoms with E-state index in [1.165, 1.54) is 45.0 Å². The number of rotatable bonds is 0. The summed E-state index contributed by atoms with van der Waals surface area (Å²) in [6.45, 7) is 37.6. The van der Waals surface area contributed by atoms with Crippen LogP contribution in [0.3, 0.4) is 0 Å². The SMILES string of the molecule is Cc1cc[n+](O)cc1.Cc1ccc(C)nc1.Cc1ccc2ccccc2n1.Cc1cccc(C)n1.Cc1cccc[n+]1[O-].Cc1cccnc1.Cc1ccnc(C)c1.Cc1ccnc(C)n1.Cc1ccncc1.Cc1cnc(C)c(C)c1.Cc1cnc(C)nc1.Cc1ncccn1. The number of fused-ring (bicyclic) bond motifs is 1. The molecule has 13 rings (SSSR count). The molecular weight excluding hydrogens is 1200 g/mol. The molecule has 0 saturated carbocycles. The number of aryl methyl sites for hydroxylation is 19. The number of hydrogen-bond donors (Lipinski definition) is 1. The lowest BCUT2D eigenvalue weighted by molar-refractivity contribution is -0.904. The molecule has 1 aromatic carbocycles. The van der Waals surface area contributed by atoms with Gasteiger partial charge in [-0.15, -0.1) is 0 Å². The maximum Gasteiger partial charge on any atom is 0.222 e. The lowest BCUT2D eigenvalue weighted by Crippen LogP contribution is -2.28. The van der Waals surface area contributed by atoms with Crippen molar-refractivity contribution in [2.45, 2.75) is 132 Å². The van der Waals surface area contributed by atoms with Crippen molar-refractivity contribution in [2.75, 3.05) is 0 Å². The highest BCUT2D eigenvalue weighted by molar-refractivity contribution is 5.78. The van der Waals surface area contributed by atoms with Gasteiger partial charge in [0.25, 0.3) is 0 Å². The van der Waals surface area contributed by atoms with Crippen LogP contribution >= 0.6 is 0 Å². The van der Waals surface area contributed by atoms with Gasteiger partial charge in [0.05, 0.1) is 5.52 Å². The van der Waals surface area contributed by atoms with E-state index in [0.717, 1.165) is 89.1 Å². The molecule has 504 valence electrons. The lowest BCUT2D eigenvalue weighted by Gasteiger charge is -1.97. The van der Waals surface area contributed by atoms with E-state index in [0.29, 0.717) is 0 Å². The predicted octanol–water partition coefficient (Wildman–Crippen LogP) is 16.5. The molecule has 0 atom stereocenters. The van der Waals surface area contributed by atoms with E-state index < -0.39 is 0 Å². The van der Waals surface area contributed by atoms with E-state index in [2.05, 4.69) is 116 Å². The quantitative estimate of drug-likeness (QED) is 0.0848. The molecule has 0 aliphatic carbocycles. The number of hydrogen-bond acceptors (Lipinski definition) is 15. The standard InChI is InChI=1S/C10H9N.C8H11N.3C7H9N.2C6H8N2.C6H8NO.C6H7NO.2C6H7N.C5H6N2/c1-8-6-7-9-4-2-3-5-10(9)11-8;1-6-4-7(2)8(3)9-5-6;1-6-3-4-8-7(2)5-6;1-6-3-4-7(2)8-5-6;1-6-4-3-5-7(2)8-6;1-5-3-7-6(2)8-4-5;1-5-3-4-7-6(2)8-5;1-6-2-4-7(8)5-3-6;1-6-4-2-3-5-7(6)8;1-6-2-4-7-5-3-6;1-6-3-2-4-7-5-6;1-5-6-3-2-4-7-5/h2-7H,1H3;4-5H,1-3H3;3*3-5H,1-2H3;2*3-4H,1-2H3;2-5,8H,1H3;2-5H,1H3;2*2-5H,1H3;2-4H,1H3/q;;;;;;;+1;;;;. The van der Waals surface area contributed by atoms with Gasteiger partial charge in [0, 0.05) is 156 Å². The van der Waals surface area contributed by atoms with E-state index in [1.807, 2.05) is 244 Å². The first-order valence-corrected chi connectivity index (χ1v) is 31.5. The predicted molar refractivity (Wildman–Crippen MR) is 392 cm³/mol. The maximum atomic E-state index is 10.5. The second-order valence-corrected chi connectivity index (χ2v) is 22.3. The Balaban J connectivity index is 0.000000361. The van der Waals surface area contributed by atoms with E-state index in [4.69, 9.17) is 5.21 Å². The third kappa shape index (κ3) is 42.5. The summed E-state index contributed by atoms with van der Waals surface area (Å²) in [5.41, 5.74) is 19.1. The molecule has 0 radical (unpaired) electrons.